The fourth-order valence-electron chi connectivity index (χ4n) is 1.78. The van der Waals surface area contributed by atoms with E-state index in [9.17, 15) is 0 Å². The first-order chi connectivity index (χ1) is 7.76. The molecule has 1 aliphatic rings. The highest BCUT2D eigenvalue weighted by Crippen LogP contribution is 2.36. The quantitative estimate of drug-likeness (QED) is 0.794. The van der Waals surface area contributed by atoms with Gasteiger partial charge in [0.2, 0.25) is 5.75 Å². The van der Waals surface area contributed by atoms with Crippen molar-refractivity contribution in [1.82, 2.24) is 9.97 Å². The first-order valence-electron chi connectivity index (χ1n) is 5.59. The lowest BCUT2D eigenvalue weighted by Gasteiger charge is -2.17. The van der Waals surface area contributed by atoms with Crippen LogP contribution in [0, 0.1) is 5.92 Å². The first kappa shape index (κ1) is 11.0. The minimum Gasteiger partial charge on any atom is -0.490 e. The molecule has 0 aliphatic heterocycles. The van der Waals surface area contributed by atoms with Gasteiger partial charge in [-0.3, -0.25) is 0 Å². The maximum Gasteiger partial charge on any atom is 0.204 e. The van der Waals surface area contributed by atoms with Gasteiger partial charge in [-0.2, -0.15) is 0 Å². The van der Waals surface area contributed by atoms with E-state index in [1.807, 2.05) is 7.05 Å². The molecule has 1 aromatic rings. The van der Waals surface area contributed by atoms with Crippen LogP contribution in [0.1, 0.15) is 19.8 Å². The second-order valence-corrected chi connectivity index (χ2v) is 4.12. The van der Waals surface area contributed by atoms with E-state index < -0.39 is 0 Å². The normalized spacial score (nSPS) is 16.7. The van der Waals surface area contributed by atoms with E-state index in [0.717, 1.165) is 11.7 Å². The van der Waals surface area contributed by atoms with E-state index in [0.29, 0.717) is 17.6 Å². The van der Waals surface area contributed by atoms with Gasteiger partial charge in [0.1, 0.15) is 6.33 Å². The zero-order chi connectivity index (χ0) is 11.5. The van der Waals surface area contributed by atoms with Crippen molar-refractivity contribution in [2.75, 3.05) is 24.8 Å². The van der Waals surface area contributed by atoms with Crippen LogP contribution in [-0.2, 0) is 0 Å². The second-order valence-electron chi connectivity index (χ2n) is 4.12. The Bertz CT molecular complexity index is 365. The number of methoxy groups -OCH3 is 1. The van der Waals surface area contributed by atoms with E-state index >= 15 is 0 Å². The summed E-state index contributed by atoms with van der Waals surface area (Å²) < 4.78 is 5.32. The molecule has 5 nitrogen and oxygen atoms in total. The molecule has 1 unspecified atom stereocenters. The molecule has 1 saturated carbocycles. The topological polar surface area (TPSA) is 59.1 Å². The third kappa shape index (κ3) is 2.18. The molecule has 0 amide bonds. The van der Waals surface area contributed by atoms with Crippen molar-refractivity contribution in [2.24, 2.45) is 5.92 Å². The molecule has 16 heavy (non-hydrogen) atoms. The number of aromatic nitrogens is 2. The summed E-state index contributed by atoms with van der Waals surface area (Å²) in [6, 6.07) is 0.438. The van der Waals surface area contributed by atoms with Gasteiger partial charge >= 0.3 is 0 Å². The van der Waals surface area contributed by atoms with Gasteiger partial charge in [0, 0.05) is 13.1 Å². The van der Waals surface area contributed by atoms with Gasteiger partial charge in [-0.25, -0.2) is 9.97 Å². The Labute approximate surface area is 95.6 Å². The molecule has 0 aromatic carbocycles. The lowest BCUT2D eigenvalue weighted by molar-refractivity contribution is 0.414. The molecule has 0 saturated heterocycles. The van der Waals surface area contributed by atoms with Crippen LogP contribution in [-0.4, -0.2) is 30.2 Å². The highest BCUT2D eigenvalue weighted by Gasteiger charge is 2.28. The van der Waals surface area contributed by atoms with Crippen LogP contribution in [0.5, 0.6) is 5.75 Å². The maximum absolute atomic E-state index is 5.32. The molecule has 0 bridgehead atoms. The zero-order valence-corrected chi connectivity index (χ0v) is 9.95. The number of hydrogen-bond donors (Lipinski definition) is 2. The largest absolute Gasteiger partial charge is 0.490 e. The Morgan fingerprint density at radius 2 is 2.06 bits per heavy atom. The van der Waals surface area contributed by atoms with Crippen LogP contribution in [0.25, 0.3) is 0 Å². The van der Waals surface area contributed by atoms with Crippen molar-refractivity contribution in [3.05, 3.63) is 6.33 Å². The summed E-state index contributed by atoms with van der Waals surface area (Å²) in [4.78, 5) is 8.33. The Hall–Kier alpha value is -1.52. The highest BCUT2D eigenvalue weighted by atomic mass is 16.5. The maximum atomic E-state index is 5.32. The van der Waals surface area contributed by atoms with Crippen LogP contribution < -0.4 is 15.4 Å². The number of hydrogen-bond acceptors (Lipinski definition) is 5. The lowest BCUT2D eigenvalue weighted by Crippen LogP contribution is -2.19. The van der Waals surface area contributed by atoms with Crippen LogP contribution in [0.3, 0.4) is 0 Å². The van der Waals surface area contributed by atoms with Crippen molar-refractivity contribution in [3.8, 4) is 5.75 Å². The van der Waals surface area contributed by atoms with Crippen LogP contribution in [0.4, 0.5) is 11.6 Å². The molecule has 88 valence electrons. The first-order valence-corrected chi connectivity index (χ1v) is 5.59. The summed E-state index contributed by atoms with van der Waals surface area (Å²) >= 11 is 0. The number of anilines is 2. The summed E-state index contributed by atoms with van der Waals surface area (Å²) in [5.74, 6) is 2.93. The minimum atomic E-state index is 0.438. The molecular weight excluding hydrogens is 204 g/mol. The fourth-order valence-corrected chi connectivity index (χ4v) is 1.78. The third-order valence-corrected chi connectivity index (χ3v) is 2.94. The number of ether oxygens (including phenoxy) is 1. The number of nitrogens with one attached hydrogen (secondary N) is 2. The van der Waals surface area contributed by atoms with E-state index in [2.05, 4.69) is 27.5 Å². The number of nitrogens with zero attached hydrogens (tertiary/aromatic N) is 2. The van der Waals surface area contributed by atoms with Gasteiger partial charge in [-0.05, 0) is 25.7 Å². The second kappa shape index (κ2) is 4.55. The van der Waals surface area contributed by atoms with E-state index in [-0.39, 0.29) is 0 Å². The molecule has 1 heterocycles. The van der Waals surface area contributed by atoms with Gasteiger partial charge in [0.05, 0.1) is 7.11 Å². The van der Waals surface area contributed by atoms with Crippen molar-refractivity contribution in [3.63, 3.8) is 0 Å². The van der Waals surface area contributed by atoms with Crippen LogP contribution in [0.2, 0.25) is 0 Å². The standard InChI is InChI=1S/C11H18N4O/c1-7(8-4-5-8)15-11-9(16-3)10(12-2)13-6-14-11/h6-8H,4-5H2,1-3H3,(H2,12,13,14,15). The monoisotopic (exact) mass is 222 g/mol. The minimum absolute atomic E-state index is 0.438. The molecule has 1 aliphatic carbocycles. The third-order valence-electron chi connectivity index (χ3n) is 2.94. The Morgan fingerprint density at radius 1 is 1.38 bits per heavy atom. The molecule has 2 rings (SSSR count). The van der Waals surface area contributed by atoms with Crippen molar-refractivity contribution in [2.45, 2.75) is 25.8 Å². The molecule has 1 fully saturated rings. The summed E-state index contributed by atoms with van der Waals surface area (Å²) in [6.45, 7) is 2.18. The van der Waals surface area contributed by atoms with Gasteiger partial charge in [0.15, 0.2) is 11.6 Å². The Morgan fingerprint density at radius 3 is 2.62 bits per heavy atom. The lowest BCUT2D eigenvalue weighted by atomic mass is 10.2. The molecule has 1 atom stereocenters. The average Bonchev–Trinajstić information content (AvgIpc) is 3.12. The van der Waals surface area contributed by atoms with E-state index in [1.165, 1.54) is 19.2 Å². The summed E-state index contributed by atoms with van der Waals surface area (Å²) in [6.07, 6.45) is 4.15. The van der Waals surface area contributed by atoms with E-state index in [4.69, 9.17) is 4.74 Å². The molecule has 0 radical (unpaired) electrons. The highest BCUT2D eigenvalue weighted by molar-refractivity contribution is 5.63. The Kier molecular flexibility index (Phi) is 3.12. The van der Waals surface area contributed by atoms with Gasteiger partial charge in [-0.1, -0.05) is 0 Å². The molecule has 5 heteroatoms. The molecular formula is C11H18N4O. The average molecular weight is 222 g/mol. The molecule has 0 spiro atoms. The molecule has 1 aromatic heterocycles. The zero-order valence-electron chi connectivity index (χ0n) is 9.95. The summed E-state index contributed by atoms with van der Waals surface area (Å²) in [5.41, 5.74) is 0. The predicted molar refractivity (Wildman–Crippen MR) is 63.9 cm³/mol. The van der Waals surface area contributed by atoms with Crippen LogP contribution >= 0.6 is 0 Å². The molecule has 2 N–H and O–H groups in total. The summed E-state index contributed by atoms with van der Waals surface area (Å²) in [7, 11) is 3.45. The van der Waals surface area contributed by atoms with Crippen molar-refractivity contribution in [1.29, 1.82) is 0 Å². The Balaban J connectivity index is 2.17. The number of rotatable bonds is 5. The smallest absolute Gasteiger partial charge is 0.204 e. The fraction of sp³-hybridized carbons (Fsp3) is 0.636. The predicted octanol–water partition coefficient (Wildman–Crippen LogP) is 1.74. The van der Waals surface area contributed by atoms with Gasteiger partial charge < -0.3 is 15.4 Å². The van der Waals surface area contributed by atoms with Gasteiger partial charge in [-0.15, -0.1) is 0 Å². The van der Waals surface area contributed by atoms with Crippen molar-refractivity contribution >= 4 is 11.6 Å². The van der Waals surface area contributed by atoms with Crippen LogP contribution in [0.15, 0.2) is 6.33 Å². The SMILES string of the molecule is CNc1ncnc(NC(C)C2CC2)c1OC. The van der Waals surface area contributed by atoms with E-state index in [1.54, 1.807) is 7.11 Å². The van der Waals surface area contributed by atoms with Gasteiger partial charge in [0.25, 0.3) is 0 Å². The van der Waals surface area contributed by atoms with Crippen molar-refractivity contribution < 1.29 is 4.74 Å². The summed E-state index contributed by atoms with van der Waals surface area (Å²) in [5, 5.41) is 6.37.